The predicted octanol–water partition coefficient (Wildman–Crippen LogP) is 3.80. The minimum atomic E-state index is 0. The standard InChI is InChI=1S/C12H27N.H/c1-4-7-10-13(11-8-5-2)12-9-6-3;/h4-12H2,1-3H3;. The lowest BCUT2D eigenvalue weighted by Crippen LogP contribution is -2.27. The summed E-state index contributed by atoms with van der Waals surface area (Å²) in [6, 6.07) is 0. The highest BCUT2D eigenvalue weighted by Crippen LogP contribution is 2.01. The normalized spacial score (nSPS) is 11.1. The van der Waals surface area contributed by atoms with Gasteiger partial charge in [-0.3, -0.25) is 0 Å². The molecule has 0 heterocycles. The van der Waals surface area contributed by atoms with E-state index in [9.17, 15) is 0 Å². The van der Waals surface area contributed by atoms with E-state index in [0.29, 0.717) is 0 Å². The van der Waals surface area contributed by atoms with E-state index >= 15 is 0 Å². The highest BCUT2D eigenvalue weighted by atomic mass is 15.1. The average molecular weight is 186 g/mol. The van der Waals surface area contributed by atoms with E-state index in [-0.39, 0.29) is 1.43 Å². The van der Waals surface area contributed by atoms with Gasteiger partial charge in [0.25, 0.3) is 0 Å². The quantitative estimate of drug-likeness (QED) is 0.529. The van der Waals surface area contributed by atoms with Gasteiger partial charge in [0, 0.05) is 1.43 Å². The summed E-state index contributed by atoms with van der Waals surface area (Å²) in [5, 5.41) is 0. The molecule has 81 valence electrons. The molecule has 0 aromatic rings. The van der Waals surface area contributed by atoms with E-state index in [0.717, 1.165) is 0 Å². The first-order valence-electron chi connectivity index (χ1n) is 6.07. The Morgan fingerprint density at radius 1 is 0.692 bits per heavy atom. The molecule has 0 saturated heterocycles. The Balaban J connectivity index is 0. The van der Waals surface area contributed by atoms with Crippen molar-refractivity contribution in [2.24, 2.45) is 0 Å². The van der Waals surface area contributed by atoms with Crippen LogP contribution in [0.3, 0.4) is 0 Å². The molecule has 0 rings (SSSR count). The highest BCUT2D eigenvalue weighted by molar-refractivity contribution is 4.57. The van der Waals surface area contributed by atoms with Gasteiger partial charge in [0.1, 0.15) is 0 Å². The van der Waals surface area contributed by atoms with Crippen LogP contribution in [0.15, 0.2) is 0 Å². The first-order chi connectivity index (χ1) is 6.35. The molecular weight excluding hydrogens is 158 g/mol. The van der Waals surface area contributed by atoms with E-state index in [2.05, 4.69) is 25.7 Å². The van der Waals surface area contributed by atoms with Crippen molar-refractivity contribution >= 4 is 0 Å². The molecule has 0 aromatic carbocycles. The molecule has 0 saturated carbocycles. The Bertz CT molecular complexity index is 77.3. The van der Waals surface area contributed by atoms with Crippen LogP contribution in [-0.4, -0.2) is 24.5 Å². The summed E-state index contributed by atoms with van der Waals surface area (Å²) in [6.45, 7) is 10.8. The van der Waals surface area contributed by atoms with Crippen LogP contribution >= 0.6 is 0 Å². The van der Waals surface area contributed by atoms with Crippen molar-refractivity contribution in [1.29, 1.82) is 0 Å². The van der Waals surface area contributed by atoms with Gasteiger partial charge in [-0.1, -0.05) is 40.0 Å². The summed E-state index contributed by atoms with van der Waals surface area (Å²) < 4.78 is 0. The van der Waals surface area contributed by atoms with Gasteiger partial charge in [-0.05, 0) is 38.9 Å². The Morgan fingerprint density at radius 3 is 1.23 bits per heavy atom. The molecule has 1 nitrogen and oxygen atoms in total. The van der Waals surface area contributed by atoms with Gasteiger partial charge >= 0.3 is 0 Å². The van der Waals surface area contributed by atoms with Gasteiger partial charge in [0.2, 0.25) is 0 Å². The predicted molar refractivity (Wildman–Crippen MR) is 62.3 cm³/mol. The largest absolute Gasteiger partial charge is 0.303 e. The zero-order valence-corrected chi connectivity index (χ0v) is 9.81. The maximum atomic E-state index is 2.64. The lowest BCUT2D eigenvalue weighted by atomic mass is 10.2. The number of unbranched alkanes of at least 4 members (excludes halogenated alkanes) is 3. The topological polar surface area (TPSA) is 3.24 Å². The molecule has 1 heteroatoms. The van der Waals surface area contributed by atoms with Crippen molar-refractivity contribution in [1.82, 2.24) is 4.90 Å². The van der Waals surface area contributed by atoms with Gasteiger partial charge in [-0.25, -0.2) is 0 Å². The van der Waals surface area contributed by atoms with Crippen LogP contribution in [0.2, 0.25) is 0 Å². The first kappa shape index (κ1) is 13.0. The molecule has 0 aromatic heterocycles. The summed E-state index contributed by atoms with van der Waals surface area (Å²) in [6.07, 6.45) is 8.09. The fourth-order valence-electron chi connectivity index (χ4n) is 1.48. The highest BCUT2D eigenvalue weighted by Gasteiger charge is 2.01. The van der Waals surface area contributed by atoms with Gasteiger partial charge in [0.15, 0.2) is 0 Å². The molecule has 0 spiro atoms. The molecule has 1 radical (unpaired) electrons. The number of hydrogen-bond acceptors (Lipinski definition) is 1. The summed E-state index contributed by atoms with van der Waals surface area (Å²) in [5.41, 5.74) is 0. The van der Waals surface area contributed by atoms with Crippen LogP contribution in [0.25, 0.3) is 0 Å². The molecule has 0 aliphatic carbocycles. The van der Waals surface area contributed by atoms with Crippen molar-refractivity contribution in [2.45, 2.75) is 59.3 Å². The summed E-state index contributed by atoms with van der Waals surface area (Å²) >= 11 is 0. The third-order valence-corrected chi connectivity index (χ3v) is 2.48. The molecule has 0 aliphatic heterocycles. The number of nitrogens with zero attached hydrogens (tertiary/aromatic N) is 1. The summed E-state index contributed by atoms with van der Waals surface area (Å²) in [7, 11) is 0. The fraction of sp³-hybridized carbons (Fsp3) is 1.00. The molecule has 0 unspecified atom stereocenters. The Morgan fingerprint density at radius 2 is 1.00 bits per heavy atom. The molecule has 0 aliphatic rings. The Kier molecular flexibility index (Phi) is 10.0. The minimum absolute atomic E-state index is 0. The molecule has 0 fully saturated rings. The van der Waals surface area contributed by atoms with Crippen LogP contribution in [0.5, 0.6) is 0 Å². The van der Waals surface area contributed by atoms with E-state index in [4.69, 9.17) is 0 Å². The van der Waals surface area contributed by atoms with Crippen molar-refractivity contribution in [2.75, 3.05) is 19.6 Å². The van der Waals surface area contributed by atoms with Crippen molar-refractivity contribution in [3.63, 3.8) is 0 Å². The fourth-order valence-corrected chi connectivity index (χ4v) is 1.48. The second kappa shape index (κ2) is 10.0. The lowest BCUT2D eigenvalue weighted by molar-refractivity contribution is 0.261. The van der Waals surface area contributed by atoms with Crippen LogP contribution < -0.4 is 0 Å². The first-order valence-corrected chi connectivity index (χ1v) is 6.07. The zero-order chi connectivity index (χ0) is 9.94. The maximum Gasteiger partial charge on any atom is 0 e. The van der Waals surface area contributed by atoms with Crippen molar-refractivity contribution in [3.8, 4) is 0 Å². The molecule has 13 heavy (non-hydrogen) atoms. The van der Waals surface area contributed by atoms with Crippen molar-refractivity contribution in [3.05, 3.63) is 0 Å². The molecule has 0 amide bonds. The van der Waals surface area contributed by atoms with Crippen LogP contribution in [0, 0.1) is 0 Å². The third kappa shape index (κ3) is 8.29. The van der Waals surface area contributed by atoms with Crippen LogP contribution in [0.1, 0.15) is 60.7 Å². The van der Waals surface area contributed by atoms with Crippen LogP contribution in [0.4, 0.5) is 0 Å². The SMILES string of the molecule is CCCCN(CCCC)CCCC.[H]. The molecule has 0 N–H and O–H groups in total. The second-order valence-corrected chi connectivity index (χ2v) is 3.90. The zero-order valence-electron chi connectivity index (χ0n) is 10.8. The monoisotopic (exact) mass is 186 g/mol. The minimum Gasteiger partial charge on any atom is -0.303 e. The van der Waals surface area contributed by atoms with Gasteiger partial charge < -0.3 is 4.90 Å². The van der Waals surface area contributed by atoms with Crippen molar-refractivity contribution < 1.29 is 1.43 Å². The Hall–Kier alpha value is -0.0400. The smallest absolute Gasteiger partial charge is 0 e. The summed E-state index contributed by atoms with van der Waals surface area (Å²) in [5.74, 6) is 0. The molecular formula is C12H28N. The van der Waals surface area contributed by atoms with Gasteiger partial charge in [-0.2, -0.15) is 0 Å². The second-order valence-electron chi connectivity index (χ2n) is 3.90. The van der Waals surface area contributed by atoms with Gasteiger partial charge in [-0.15, -0.1) is 0 Å². The number of rotatable bonds is 9. The maximum absolute atomic E-state index is 2.64. The van der Waals surface area contributed by atoms with E-state index in [1.54, 1.807) is 0 Å². The molecule has 0 atom stereocenters. The number of hydrogen-bond donors (Lipinski definition) is 0. The van der Waals surface area contributed by atoms with Crippen LogP contribution in [-0.2, 0) is 0 Å². The molecule has 0 bridgehead atoms. The van der Waals surface area contributed by atoms with E-state index in [1.165, 1.54) is 58.2 Å². The average Bonchev–Trinajstić information content (AvgIpc) is 2.17. The lowest BCUT2D eigenvalue weighted by Gasteiger charge is -2.21. The van der Waals surface area contributed by atoms with E-state index < -0.39 is 0 Å². The summed E-state index contributed by atoms with van der Waals surface area (Å²) in [4.78, 5) is 2.64. The van der Waals surface area contributed by atoms with E-state index in [1.807, 2.05) is 0 Å². The third-order valence-electron chi connectivity index (χ3n) is 2.48. The Labute approximate surface area is 86.0 Å². The van der Waals surface area contributed by atoms with Gasteiger partial charge in [0.05, 0.1) is 0 Å².